The standard InChI is InChI=1S/C11H11ClF3NO4/c1-2-19-8(17)3-7-9(18)6(4-12)5-16-10(7)20-11(13,14)15/h5H,2-4H2,1H3,(H,16,18). The molecule has 0 radical (unpaired) electrons. The number of carbonyl (C=O) groups is 1. The van der Waals surface area contributed by atoms with Gasteiger partial charge in [0.15, 0.2) is 5.43 Å². The van der Waals surface area contributed by atoms with E-state index in [0.29, 0.717) is 0 Å². The van der Waals surface area contributed by atoms with Crippen molar-refractivity contribution in [3.05, 3.63) is 27.5 Å². The Hall–Kier alpha value is -1.70. The fraction of sp³-hybridized carbons (Fsp3) is 0.455. The number of nitrogens with one attached hydrogen (secondary N) is 1. The highest BCUT2D eigenvalue weighted by Gasteiger charge is 2.33. The summed E-state index contributed by atoms with van der Waals surface area (Å²) < 4.78 is 45.0. The van der Waals surface area contributed by atoms with Crippen molar-refractivity contribution in [3.8, 4) is 5.88 Å². The average molecular weight is 314 g/mol. The lowest BCUT2D eigenvalue weighted by atomic mass is 10.1. The van der Waals surface area contributed by atoms with Gasteiger partial charge < -0.3 is 14.5 Å². The van der Waals surface area contributed by atoms with Crippen molar-refractivity contribution < 1.29 is 27.4 Å². The summed E-state index contributed by atoms with van der Waals surface area (Å²) in [5, 5.41) is 0. The minimum absolute atomic E-state index is 0.0282. The Morgan fingerprint density at radius 1 is 1.45 bits per heavy atom. The van der Waals surface area contributed by atoms with Gasteiger partial charge in [0.05, 0.1) is 24.5 Å². The van der Waals surface area contributed by atoms with E-state index in [1.807, 2.05) is 0 Å². The van der Waals surface area contributed by atoms with Crippen LogP contribution >= 0.6 is 11.6 Å². The Kier molecular flexibility index (Phi) is 5.43. The van der Waals surface area contributed by atoms with Gasteiger partial charge >= 0.3 is 12.3 Å². The van der Waals surface area contributed by atoms with Crippen molar-refractivity contribution in [2.75, 3.05) is 6.61 Å². The molecule has 1 aromatic rings. The fourth-order valence-electron chi connectivity index (χ4n) is 1.43. The molecule has 0 spiro atoms. The lowest BCUT2D eigenvalue weighted by Gasteiger charge is -2.13. The molecule has 20 heavy (non-hydrogen) atoms. The van der Waals surface area contributed by atoms with Crippen LogP contribution < -0.4 is 10.2 Å². The first kappa shape index (κ1) is 16.4. The Morgan fingerprint density at radius 2 is 2.10 bits per heavy atom. The minimum atomic E-state index is -4.99. The second kappa shape index (κ2) is 6.65. The number of esters is 1. The number of hydrogen-bond donors (Lipinski definition) is 1. The number of halogens is 4. The van der Waals surface area contributed by atoms with E-state index < -0.39 is 35.6 Å². The van der Waals surface area contributed by atoms with Crippen molar-refractivity contribution in [2.45, 2.75) is 25.6 Å². The zero-order chi connectivity index (χ0) is 15.3. The maximum atomic E-state index is 12.2. The normalized spacial score (nSPS) is 11.2. The minimum Gasteiger partial charge on any atom is -0.466 e. The maximum Gasteiger partial charge on any atom is 0.574 e. The Balaban J connectivity index is 3.20. The third-order valence-electron chi connectivity index (χ3n) is 2.21. The first-order valence-electron chi connectivity index (χ1n) is 5.49. The zero-order valence-corrected chi connectivity index (χ0v) is 11.1. The summed E-state index contributed by atoms with van der Waals surface area (Å²) in [6.45, 7) is 1.58. The van der Waals surface area contributed by atoms with Crippen LogP contribution in [0.4, 0.5) is 13.2 Å². The third kappa shape index (κ3) is 4.44. The van der Waals surface area contributed by atoms with Crippen LogP contribution in [0.15, 0.2) is 11.0 Å². The molecule has 0 saturated carbocycles. The molecule has 0 aliphatic rings. The number of rotatable bonds is 5. The number of pyridine rings is 1. The van der Waals surface area contributed by atoms with E-state index in [1.165, 1.54) is 6.92 Å². The summed E-state index contributed by atoms with van der Waals surface area (Å²) in [6, 6.07) is 0. The van der Waals surface area contributed by atoms with E-state index in [9.17, 15) is 22.8 Å². The van der Waals surface area contributed by atoms with Gasteiger partial charge in [0, 0.05) is 11.8 Å². The molecule has 0 fully saturated rings. The monoisotopic (exact) mass is 313 g/mol. The Labute approximate surface area is 116 Å². The molecule has 1 heterocycles. The summed E-state index contributed by atoms with van der Waals surface area (Å²) in [6.07, 6.45) is -4.63. The number of aromatic amines is 1. The summed E-state index contributed by atoms with van der Waals surface area (Å²) >= 11 is 5.49. The second-order valence-corrected chi connectivity index (χ2v) is 3.88. The lowest BCUT2D eigenvalue weighted by Crippen LogP contribution is -2.25. The van der Waals surface area contributed by atoms with Crippen molar-refractivity contribution in [3.63, 3.8) is 0 Å². The highest BCUT2D eigenvalue weighted by Crippen LogP contribution is 2.23. The molecule has 5 nitrogen and oxygen atoms in total. The Bertz CT molecular complexity index is 541. The van der Waals surface area contributed by atoms with Gasteiger partial charge in [-0.05, 0) is 6.92 Å². The maximum absolute atomic E-state index is 12.2. The van der Waals surface area contributed by atoms with E-state index in [1.54, 1.807) is 0 Å². The molecule has 112 valence electrons. The van der Waals surface area contributed by atoms with E-state index >= 15 is 0 Å². The number of ether oxygens (including phenoxy) is 2. The van der Waals surface area contributed by atoms with Gasteiger partial charge in [-0.3, -0.25) is 9.59 Å². The molecule has 0 atom stereocenters. The molecular weight excluding hydrogens is 303 g/mol. The van der Waals surface area contributed by atoms with Gasteiger partial charge in [0.25, 0.3) is 0 Å². The molecule has 0 aliphatic heterocycles. The van der Waals surface area contributed by atoms with E-state index in [0.717, 1.165) is 6.20 Å². The summed E-state index contributed by atoms with van der Waals surface area (Å²) in [4.78, 5) is 25.4. The van der Waals surface area contributed by atoms with Crippen LogP contribution in [0.25, 0.3) is 0 Å². The summed E-state index contributed by atoms with van der Waals surface area (Å²) in [5.74, 6) is -1.89. The van der Waals surface area contributed by atoms with E-state index in [4.69, 9.17) is 11.6 Å². The van der Waals surface area contributed by atoms with Crippen LogP contribution in [0, 0.1) is 0 Å². The molecular formula is C11H11ClF3NO4. The highest BCUT2D eigenvalue weighted by atomic mass is 35.5. The second-order valence-electron chi connectivity index (χ2n) is 3.61. The van der Waals surface area contributed by atoms with Crippen LogP contribution in [0.2, 0.25) is 0 Å². The van der Waals surface area contributed by atoms with Gasteiger partial charge in [0.1, 0.15) is 0 Å². The van der Waals surface area contributed by atoms with Crippen LogP contribution in [0.1, 0.15) is 18.1 Å². The first-order valence-corrected chi connectivity index (χ1v) is 6.02. The summed E-state index contributed by atoms with van der Waals surface area (Å²) in [7, 11) is 0. The van der Waals surface area contributed by atoms with Crippen LogP contribution in [0.5, 0.6) is 5.88 Å². The van der Waals surface area contributed by atoms with Crippen LogP contribution in [-0.2, 0) is 21.8 Å². The molecule has 0 unspecified atom stereocenters. The largest absolute Gasteiger partial charge is 0.574 e. The molecule has 0 aromatic carbocycles. The summed E-state index contributed by atoms with van der Waals surface area (Å²) in [5.41, 5.74) is -1.23. The molecule has 0 bridgehead atoms. The van der Waals surface area contributed by atoms with Crippen molar-refractivity contribution >= 4 is 17.6 Å². The molecule has 1 N–H and O–H groups in total. The topological polar surface area (TPSA) is 68.4 Å². The predicted molar refractivity (Wildman–Crippen MR) is 63.6 cm³/mol. The highest BCUT2D eigenvalue weighted by molar-refractivity contribution is 6.17. The quantitative estimate of drug-likeness (QED) is 0.668. The van der Waals surface area contributed by atoms with Gasteiger partial charge in [-0.1, -0.05) is 0 Å². The molecule has 0 amide bonds. The van der Waals surface area contributed by atoms with E-state index in [2.05, 4.69) is 14.5 Å². The smallest absolute Gasteiger partial charge is 0.466 e. The van der Waals surface area contributed by atoms with Gasteiger partial charge in [-0.2, -0.15) is 0 Å². The number of H-pyrrole nitrogens is 1. The Morgan fingerprint density at radius 3 is 2.60 bits per heavy atom. The lowest BCUT2D eigenvalue weighted by molar-refractivity contribution is -0.276. The fourth-order valence-corrected chi connectivity index (χ4v) is 1.62. The van der Waals surface area contributed by atoms with Gasteiger partial charge in [0.2, 0.25) is 5.88 Å². The number of alkyl halides is 4. The average Bonchev–Trinajstić information content (AvgIpc) is 2.32. The number of hydrogen-bond acceptors (Lipinski definition) is 4. The number of carbonyl (C=O) groups excluding carboxylic acids is 1. The van der Waals surface area contributed by atoms with Crippen molar-refractivity contribution in [2.24, 2.45) is 0 Å². The van der Waals surface area contributed by atoms with Gasteiger partial charge in [-0.15, -0.1) is 24.8 Å². The van der Waals surface area contributed by atoms with Gasteiger partial charge in [-0.25, -0.2) is 0 Å². The molecule has 9 heteroatoms. The third-order valence-corrected chi connectivity index (χ3v) is 2.49. The SMILES string of the molecule is CCOC(=O)Cc1c(OC(F)(F)F)[nH]cc(CCl)c1=O. The molecule has 0 saturated heterocycles. The van der Waals surface area contributed by atoms with Crippen molar-refractivity contribution in [1.29, 1.82) is 0 Å². The van der Waals surface area contributed by atoms with Crippen LogP contribution in [-0.4, -0.2) is 23.9 Å². The van der Waals surface area contributed by atoms with Crippen molar-refractivity contribution in [1.82, 2.24) is 4.98 Å². The predicted octanol–water partition coefficient (Wildman–Crippen LogP) is 2.12. The number of aromatic nitrogens is 1. The molecule has 1 rings (SSSR count). The molecule has 1 aromatic heterocycles. The first-order chi connectivity index (χ1) is 9.28. The van der Waals surface area contributed by atoms with Crippen LogP contribution in [0.3, 0.4) is 0 Å². The molecule has 0 aliphatic carbocycles. The zero-order valence-electron chi connectivity index (χ0n) is 10.3. The van der Waals surface area contributed by atoms with E-state index in [-0.39, 0.29) is 18.1 Å².